The number of benzene rings is 3. The maximum absolute atomic E-state index is 8.94. The third kappa shape index (κ3) is 5.63. The number of hydrogen-bond donors (Lipinski definition) is 1. The van der Waals surface area contributed by atoms with Gasteiger partial charge in [-0.2, -0.15) is 0 Å². The average Bonchev–Trinajstić information content (AvgIpc) is 3.33. The van der Waals surface area contributed by atoms with Gasteiger partial charge in [0.05, 0.1) is 27.4 Å². The minimum Gasteiger partial charge on any atom is -0.396 e. The fourth-order valence-corrected chi connectivity index (χ4v) is 5.78. The van der Waals surface area contributed by atoms with E-state index >= 15 is 0 Å². The van der Waals surface area contributed by atoms with E-state index in [4.69, 9.17) is 9.84 Å². The fraction of sp³-hybridized carbons (Fsp3) is 0.179. The first kappa shape index (κ1) is 23.5. The molecule has 0 bridgehead atoms. The van der Waals surface area contributed by atoms with E-state index in [2.05, 4.69) is 107 Å². The van der Waals surface area contributed by atoms with Gasteiger partial charge in [-0.05, 0) is 34.6 Å². The van der Waals surface area contributed by atoms with E-state index in [0.29, 0.717) is 19.6 Å². The molecule has 0 aliphatic heterocycles. The van der Waals surface area contributed by atoms with Crippen LogP contribution in [0.3, 0.4) is 0 Å². The Morgan fingerprint density at radius 3 is 1.91 bits per heavy atom. The number of thioether (sulfide) groups is 1. The molecule has 1 aromatic heterocycles. The summed E-state index contributed by atoms with van der Waals surface area (Å²) < 4.78 is 5.27. The molecule has 0 amide bonds. The number of aliphatic hydroxyl groups excluding tert-OH is 1. The molecule has 1 N–H and O–H groups in total. The molecule has 0 fully saturated rings. The van der Waals surface area contributed by atoms with Gasteiger partial charge in [0.25, 0.3) is 0 Å². The number of ether oxygens (including phenoxy) is 1. The molecule has 3 nitrogen and oxygen atoms in total. The van der Waals surface area contributed by atoms with Crippen molar-refractivity contribution in [2.24, 2.45) is 0 Å². The Kier molecular flexibility index (Phi) is 8.50. The van der Waals surface area contributed by atoms with Crippen molar-refractivity contribution >= 4 is 29.2 Å². The molecule has 33 heavy (non-hydrogen) atoms. The molecule has 0 saturated heterocycles. The zero-order valence-corrected chi connectivity index (χ0v) is 20.0. The van der Waals surface area contributed by atoms with Crippen LogP contribution >= 0.6 is 23.1 Å². The van der Waals surface area contributed by atoms with Crippen LogP contribution in [-0.2, 0) is 16.1 Å². The Morgan fingerprint density at radius 2 is 1.39 bits per heavy atom. The minimum atomic E-state index is -0.386. The van der Waals surface area contributed by atoms with Crippen LogP contribution < -0.4 is 0 Å². The topological polar surface area (TPSA) is 42.4 Å². The second kappa shape index (κ2) is 12.0. The smallest absolute Gasteiger partial charge is 0.0948 e. The van der Waals surface area contributed by atoms with E-state index < -0.39 is 0 Å². The van der Waals surface area contributed by atoms with Gasteiger partial charge in [-0.25, -0.2) is 4.98 Å². The van der Waals surface area contributed by atoms with E-state index in [1.165, 1.54) is 16.7 Å². The molecule has 0 spiro atoms. The number of nitrogens with zero attached hydrogens (tertiary/aromatic N) is 1. The first-order valence-electron chi connectivity index (χ1n) is 11.0. The van der Waals surface area contributed by atoms with Crippen LogP contribution in [0.4, 0.5) is 0 Å². The molecule has 5 heteroatoms. The Hall–Kier alpha value is -2.70. The zero-order valence-electron chi connectivity index (χ0n) is 18.3. The second-order valence-electron chi connectivity index (χ2n) is 7.49. The van der Waals surface area contributed by atoms with Gasteiger partial charge in [-0.1, -0.05) is 91.0 Å². The largest absolute Gasteiger partial charge is 0.396 e. The lowest BCUT2D eigenvalue weighted by atomic mass is 9.84. The molecule has 168 valence electrons. The lowest BCUT2D eigenvalue weighted by Gasteiger charge is -2.34. The summed E-state index contributed by atoms with van der Waals surface area (Å²) in [6.07, 6.45) is 2.77. The third-order valence-corrected chi connectivity index (χ3v) is 7.53. The Morgan fingerprint density at radius 1 is 0.848 bits per heavy atom. The van der Waals surface area contributed by atoms with Crippen LogP contribution in [-0.4, -0.2) is 23.3 Å². The van der Waals surface area contributed by atoms with E-state index in [1.54, 1.807) is 23.1 Å². The van der Waals surface area contributed by atoms with Gasteiger partial charge < -0.3 is 9.84 Å². The molecular weight excluding hydrogens is 446 g/mol. The predicted molar refractivity (Wildman–Crippen MR) is 139 cm³/mol. The number of rotatable bonds is 11. The maximum Gasteiger partial charge on any atom is 0.0948 e. The van der Waals surface area contributed by atoms with Crippen molar-refractivity contribution in [2.45, 2.75) is 17.8 Å². The highest BCUT2D eigenvalue weighted by molar-refractivity contribution is 8.03. The van der Waals surface area contributed by atoms with Crippen LogP contribution in [0.25, 0.3) is 6.08 Å². The molecule has 0 atom stereocenters. The number of aliphatic hydroxyl groups is 1. The van der Waals surface area contributed by atoms with Crippen molar-refractivity contribution in [3.05, 3.63) is 129 Å². The average molecular weight is 474 g/mol. The van der Waals surface area contributed by atoms with Crippen LogP contribution in [0.1, 0.15) is 33.7 Å². The van der Waals surface area contributed by atoms with Crippen molar-refractivity contribution in [1.82, 2.24) is 4.98 Å². The molecule has 0 aliphatic carbocycles. The summed E-state index contributed by atoms with van der Waals surface area (Å²) >= 11 is 3.40. The van der Waals surface area contributed by atoms with Gasteiger partial charge >= 0.3 is 0 Å². The molecule has 0 aliphatic rings. The molecule has 0 saturated carbocycles. The minimum absolute atomic E-state index is 0.140. The first-order chi connectivity index (χ1) is 16.3. The van der Waals surface area contributed by atoms with Gasteiger partial charge in [0.1, 0.15) is 0 Å². The quantitative estimate of drug-likeness (QED) is 0.194. The van der Waals surface area contributed by atoms with Crippen molar-refractivity contribution in [1.29, 1.82) is 0 Å². The van der Waals surface area contributed by atoms with Crippen LogP contribution in [0.15, 0.2) is 102 Å². The van der Waals surface area contributed by atoms with Crippen molar-refractivity contribution in [3.63, 3.8) is 0 Å². The van der Waals surface area contributed by atoms with E-state index in [-0.39, 0.29) is 11.4 Å². The molecule has 0 radical (unpaired) electrons. The zero-order chi connectivity index (χ0) is 22.8. The first-order valence-corrected chi connectivity index (χ1v) is 12.7. The SMILES string of the molecule is OCCCOCc1ncsc1/C=C\SC(c1ccccc1)(c1ccccc1)c1ccccc1. The van der Waals surface area contributed by atoms with Crippen LogP contribution in [0, 0.1) is 0 Å². The second-order valence-corrected chi connectivity index (χ2v) is 9.50. The maximum atomic E-state index is 8.94. The van der Waals surface area contributed by atoms with Crippen molar-refractivity contribution in [3.8, 4) is 0 Å². The van der Waals surface area contributed by atoms with E-state index in [1.807, 2.05) is 5.51 Å². The summed E-state index contributed by atoms with van der Waals surface area (Å²) in [5.74, 6) is 0. The van der Waals surface area contributed by atoms with Gasteiger partial charge in [0, 0.05) is 13.2 Å². The molecular formula is C28H27NO2S2. The standard InChI is InChI=1S/C28H27NO2S2/c30-18-10-19-31-21-26-27(32-22-29-26)17-20-33-28(23-11-4-1-5-12-23,24-13-6-2-7-14-24)25-15-8-3-9-16-25/h1-9,11-17,20,22,30H,10,18-19,21H2/b20-17-. The highest BCUT2D eigenvalue weighted by Crippen LogP contribution is 2.49. The van der Waals surface area contributed by atoms with Crippen LogP contribution in [0.2, 0.25) is 0 Å². The summed E-state index contributed by atoms with van der Waals surface area (Å²) in [6.45, 7) is 1.13. The van der Waals surface area contributed by atoms with E-state index in [0.717, 1.165) is 10.6 Å². The van der Waals surface area contributed by atoms with Crippen LogP contribution in [0.5, 0.6) is 0 Å². The lowest BCUT2D eigenvalue weighted by molar-refractivity contribution is 0.102. The highest BCUT2D eigenvalue weighted by atomic mass is 32.2. The molecule has 4 aromatic rings. The lowest BCUT2D eigenvalue weighted by Crippen LogP contribution is -2.24. The Labute approximate surface area is 203 Å². The van der Waals surface area contributed by atoms with E-state index in [9.17, 15) is 0 Å². The summed E-state index contributed by atoms with van der Waals surface area (Å²) in [5, 5.41) is 11.1. The van der Waals surface area contributed by atoms with Gasteiger partial charge in [-0.15, -0.1) is 23.1 Å². The van der Waals surface area contributed by atoms with Crippen molar-refractivity contribution < 1.29 is 9.84 Å². The molecule has 0 unspecified atom stereocenters. The molecule has 3 aromatic carbocycles. The summed E-state index contributed by atoms with van der Waals surface area (Å²) in [6, 6.07) is 32.0. The van der Waals surface area contributed by atoms with Gasteiger partial charge in [-0.3, -0.25) is 0 Å². The Bertz CT molecular complexity index is 1030. The summed E-state index contributed by atoms with van der Waals surface area (Å²) in [5.41, 5.74) is 6.48. The number of hydrogen-bond acceptors (Lipinski definition) is 5. The number of thiazole rings is 1. The Balaban J connectivity index is 1.69. The van der Waals surface area contributed by atoms with Crippen molar-refractivity contribution in [2.75, 3.05) is 13.2 Å². The summed E-state index contributed by atoms with van der Waals surface area (Å²) in [7, 11) is 0. The predicted octanol–water partition coefficient (Wildman–Crippen LogP) is 6.74. The normalized spacial score (nSPS) is 11.8. The number of aromatic nitrogens is 1. The highest BCUT2D eigenvalue weighted by Gasteiger charge is 2.36. The fourth-order valence-electron chi connectivity index (χ4n) is 3.78. The summed E-state index contributed by atoms with van der Waals surface area (Å²) in [4.78, 5) is 5.57. The monoisotopic (exact) mass is 473 g/mol. The van der Waals surface area contributed by atoms with Gasteiger partial charge in [0.2, 0.25) is 0 Å². The van der Waals surface area contributed by atoms with Gasteiger partial charge in [0.15, 0.2) is 0 Å². The third-order valence-electron chi connectivity index (χ3n) is 5.36. The molecule has 4 rings (SSSR count). The molecule has 1 heterocycles.